The first kappa shape index (κ1) is 11.0. The molecule has 90 valence electrons. The quantitative estimate of drug-likeness (QED) is 0.584. The van der Waals surface area contributed by atoms with Gasteiger partial charge in [0.05, 0.1) is 3.23 Å². The summed E-state index contributed by atoms with van der Waals surface area (Å²) >= 11 is 8.06. The van der Waals surface area contributed by atoms with Gasteiger partial charge in [-0.3, -0.25) is 0 Å². The minimum Gasteiger partial charge on any atom is -0.0714 e. The van der Waals surface area contributed by atoms with Crippen LogP contribution in [0.2, 0.25) is 0 Å². The van der Waals surface area contributed by atoms with E-state index in [0.717, 1.165) is 0 Å². The second kappa shape index (κ2) is 3.19. The Kier molecular flexibility index (Phi) is 2.07. The van der Waals surface area contributed by atoms with Crippen molar-refractivity contribution in [3.63, 3.8) is 0 Å². The van der Waals surface area contributed by atoms with Crippen LogP contribution in [0.25, 0.3) is 0 Å². The molecule has 2 saturated carbocycles. The molecule has 0 bridgehead atoms. The summed E-state index contributed by atoms with van der Waals surface area (Å²) in [7, 11) is 0. The van der Waals surface area contributed by atoms with E-state index in [4.69, 9.17) is 0 Å². The summed E-state index contributed by atoms with van der Waals surface area (Å²) in [5.41, 5.74) is 4.16. The van der Waals surface area contributed by atoms with E-state index in [1.807, 2.05) is 0 Å². The van der Waals surface area contributed by atoms with E-state index >= 15 is 0 Å². The Morgan fingerprint density at radius 2 is 1.29 bits per heavy atom. The lowest BCUT2D eigenvalue weighted by Gasteiger charge is -2.34. The van der Waals surface area contributed by atoms with Gasteiger partial charge in [-0.05, 0) is 36.8 Å². The first-order valence-electron chi connectivity index (χ1n) is 6.58. The van der Waals surface area contributed by atoms with E-state index in [0.29, 0.717) is 10.8 Å². The van der Waals surface area contributed by atoms with Gasteiger partial charge in [0.2, 0.25) is 0 Å². The van der Waals surface area contributed by atoms with Gasteiger partial charge in [0, 0.05) is 10.8 Å². The van der Waals surface area contributed by atoms with E-state index in [1.54, 1.807) is 11.1 Å². The van der Waals surface area contributed by atoms with Gasteiger partial charge in [0.25, 0.3) is 0 Å². The van der Waals surface area contributed by atoms with Gasteiger partial charge >= 0.3 is 0 Å². The number of rotatable bonds is 0. The Morgan fingerprint density at radius 1 is 0.824 bits per heavy atom. The fourth-order valence-corrected chi connectivity index (χ4v) is 7.35. The van der Waals surface area contributed by atoms with Crippen LogP contribution in [0.5, 0.6) is 0 Å². The fourth-order valence-electron chi connectivity index (χ4n) is 4.68. The molecule has 4 rings (SSSR count). The van der Waals surface area contributed by atoms with Crippen LogP contribution in [0.4, 0.5) is 0 Å². The van der Waals surface area contributed by atoms with Crippen molar-refractivity contribution in [3.8, 4) is 0 Å². The smallest absolute Gasteiger partial charge is 0.0714 e. The van der Waals surface area contributed by atoms with Crippen LogP contribution >= 0.6 is 31.9 Å². The number of fused-ring (bicyclic) bond motifs is 1. The molecule has 3 aliphatic carbocycles. The van der Waals surface area contributed by atoms with Gasteiger partial charge in [-0.15, -0.1) is 0 Å². The fraction of sp³-hybridized carbons (Fsp3) is 0.600. The zero-order valence-electron chi connectivity index (χ0n) is 9.81. The van der Waals surface area contributed by atoms with Gasteiger partial charge in [-0.2, -0.15) is 0 Å². The monoisotopic (exact) mass is 354 g/mol. The Hall–Kier alpha value is 0.180. The third-order valence-electron chi connectivity index (χ3n) is 5.62. The number of alkyl halides is 2. The highest BCUT2D eigenvalue weighted by Crippen LogP contribution is 2.87. The van der Waals surface area contributed by atoms with Gasteiger partial charge in [0.1, 0.15) is 0 Å². The Bertz CT molecular complexity index is 450. The van der Waals surface area contributed by atoms with Crippen molar-refractivity contribution >= 4 is 31.9 Å². The van der Waals surface area contributed by atoms with Crippen molar-refractivity contribution in [1.82, 2.24) is 0 Å². The molecule has 1 aromatic rings. The standard InChI is InChI=1S/C15H16Br2/c16-15(17)13-7-3-4-8-14(13,15)10-12-6-2-1-5-11(12)9-13/h1-2,5-6H,3-4,7-10H2. The van der Waals surface area contributed by atoms with Crippen LogP contribution in [0.3, 0.4) is 0 Å². The summed E-state index contributed by atoms with van der Waals surface area (Å²) in [6, 6.07) is 9.05. The molecule has 0 aromatic heterocycles. The SMILES string of the molecule is BrC1(Br)C23CCCCC12Cc1ccccc1C3. The summed E-state index contributed by atoms with van der Waals surface area (Å²) < 4.78 is 0.204. The van der Waals surface area contributed by atoms with Crippen molar-refractivity contribution in [1.29, 1.82) is 0 Å². The maximum absolute atomic E-state index is 4.03. The maximum atomic E-state index is 4.03. The van der Waals surface area contributed by atoms with Crippen molar-refractivity contribution in [2.45, 2.75) is 41.8 Å². The number of hydrogen-bond acceptors (Lipinski definition) is 0. The lowest BCUT2D eigenvalue weighted by Crippen LogP contribution is -2.28. The highest BCUT2D eigenvalue weighted by atomic mass is 79.9. The first-order valence-corrected chi connectivity index (χ1v) is 8.16. The van der Waals surface area contributed by atoms with E-state index in [-0.39, 0.29) is 3.23 Å². The highest BCUT2D eigenvalue weighted by Gasteiger charge is 2.85. The minimum atomic E-state index is 0.204. The summed E-state index contributed by atoms with van der Waals surface area (Å²) in [5, 5.41) is 0. The van der Waals surface area contributed by atoms with Gasteiger partial charge in [0.15, 0.2) is 0 Å². The molecular formula is C15H16Br2. The van der Waals surface area contributed by atoms with E-state index < -0.39 is 0 Å². The van der Waals surface area contributed by atoms with Gasteiger partial charge < -0.3 is 0 Å². The van der Waals surface area contributed by atoms with Gasteiger partial charge in [-0.1, -0.05) is 69.0 Å². The van der Waals surface area contributed by atoms with Crippen LogP contribution < -0.4 is 0 Å². The van der Waals surface area contributed by atoms with Crippen molar-refractivity contribution < 1.29 is 0 Å². The van der Waals surface area contributed by atoms with E-state index in [2.05, 4.69) is 56.1 Å². The second-order valence-corrected chi connectivity index (χ2v) is 9.51. The molecule has 0 amide bonds. The minimum absolute atomic E-state index is 0.204. The molecule has 0 aliphatic heterocycles. The van der Waals surface area contributed by atoms with Gasteiger partial charge in [-0.25, -0.2) is 0 Å². The molecule has 2 heteroatoms. The van der Waals surface area contributed by atoms with Crippen molar-refractivity contribution in [2.75, 3.05) is 0 Å². The van der Waals surface area contributed by atoms with E-state index in [9.17, 15) is 0 Å². The summed E-state index contributed by atoms with van der Waals surface area (Å²) in [4.78, 5) is 0. The maximum Gasteiger partial charge on any atom is 0.0935 e. The topological polar surface area (TPSA) is 0 Å². The first-order chi connectivity index (χ1) is 8.13. The van der Waals surface area contributed by atoms with Crippen LogP contribution in [0.1, 0.15) is 36.8 Å². The average molecular weight is 356 g/mol. The highest BCUT2D eigenvalue weighted by molar-refractivity contribution is 9.25. The molecule has 17 heavy (non-hydrogen) atoms. The molecule has 0 radical (unpaired) electrons. The molecule has 0 heterocycles. The predicted octanol–water partition coefficient (Wildman–Crippen LogP) is 4.83. The Balaban J connectivity index is 1.87. The van der Waals surface area contributed by atoms with Crippen LogP contribution in [0.15, 0.2) is 24.3 Å². The molecule has 1 aromatic carbocycles. The van der Waals surface area contributed by atoms with Crippen molar-refractivity contribution in [3.05, 3.63) is 35.4 Å². The van der Waals surface area contributed by atoms with Crippen LogP contribution in [-0.2, 0) is 12.8 Å². The molecule has 0 nitrogen and oxygen atoms in total. The summed E-state index contributed by atoms with van der Waals surface area (Å²) in [5.74, 6) is 0. The zero-order chi connectivity index (χ0) is 11.7. The number of hydrogen-bond donors (Lipinski definition) is 0. The third-order valence-corrected chi connectivity index (χ3v) is 8.65. The second-order valence-electron chi connectivity index (χ2n) is 6.07. The molecule has 0 spiro atoms. The lowest BCUT2D eigenvalue weighted by atomic mass is 9.69. The largest absolute Gasteiger partial charge is 0.0935 e. The number of halogens is 2. The Morgan fingerprint density at radius 3 is 1.76 bits per heavy atom. The molecule has 0 saturated heterocycles. The zero-order valence-corrected chi connectivity index (χ0v) is 13.0. The van der Waals surface area contributed by atoms with Crippen molar-refractivity contribution in [2.24, 2.45) is 10.8 Å². The molecule has 3 aliphatic rings. The molecule has 0 N–H and O–H groups in total. The Labute approximate surface area is 119 Å². The van der Waals surface area contributed by atoms with E-state index in [1.165, 1.54) is 38.5 Å². The molecule has 2 fully saturated rings. The number of benzene rings is 1. The molecule has 2 unspecified atom stereocenters. The molecule has 2 atom stereocenters. The van der Waals surface area contributed by atoms with Crippen LogP contribution in [-0.4, -0.2) is 3.23 Å². The third kappa shape index (κ3) is 1.07. The summed E-state index contributed by atoms with van der Waals surface area (Å²) in [6.45, 7) is 0. The predicted molar refractivity (Wildman–Crippen MR) is 77.8 cm³/mol. The molecular weight excluding hydrogens is 340 g/mol. The normalized spacial score (nSPS) is 41.1. The average Bonchev–Trinajstić information content (AvgIpc) is 2.78. The summed E-state index contributed by atoms with van der Waals surface area (Å²) in [6.07, 6.45) is 8.11. The lowest BCUT2D eigenvalue weighted by molar-refractivity contribution is 0.221. The van der Waals surface area contributed by atoms with Crippen LogP contribution in [0, 0.1) is 10.8 Å².